The molecule has 4 rings (SSSR count). The zero-order valence-electron chi connectivity index (χ0n) is 19.4. The normalized spacial score (nSPS) is 17.1. The van der Waals surface area contributed by atoms with E-state index in [9.17, 15) is 13.0 Å². The number of thiazole rings is 1. The number of hydrogen-bond acceptors (Lipinski definition) is 4. The number of allylic oxidation sites excluding steroid dienone is 3. The smallest absolute Gasteiger partial charge is 0.263 e. The molecule has 0 saturated carbocycles. The lowest BCUT2D eigenvalue weighted by molar-refractivity contribution is -0.665. The van der Waals surface area contributed by atoms with Crippen LogP contribution in [0.1, 0.15) is 51.1 Å². The zero-order valence-corrected chi connectivity index (χ0v) is 21.0. The molecule has 0 fully saturated rings. The second kappa shape index (κ2) is 9.69. The Morgan fingerprint density at radius 2 is 1.72 bits per heavy atom. The van der Waals surface area contributed by atoms with Crippen molar-refractivity contribution in [3.8, 4) is 0 Å². The van der Waals surface area contributed by atoms with E-state index in [0.29, 0.717) is 5.41 Å². The van der Waals surface area contributed by atoms with Gasteiger partial charge in [-0.2, -0.15) is 4.57 Å². The highest BCUT2D eigenvalue weighted by Gasteiger charge is 2.25. The van der Waals surface area contributed by atoms with Crippen LogP contribution in [0.3, 0.4) is 0 Å². The number of aromatic nitrogens is 1. The van der Waals surface area contributed by atoms with Gasteiger partial charge in [0.1, 0.15) is 21.4 Å². The number of hydrogen-bond donors (Lipinski definition) is 0. The molecular formula is C26H31NO3S2. The van der Waals surface area contributed by atoms with Gasteiger partial charge in [0.15, 0.2) is 0 Å². The number of nitrogens with zero attached hydrogens (tertiary/aromatic N) is 1. The van der Waals surface area contributed by atoms with Gasteiger partial charge >= 0.3 is 0 Å². The third-order valence-corrected chi connectivity index (χ3v) is 7.41. The van der Waals surface area contributed by atoms with Crippen LogP contribution >= 0.6 is 11.3 Å². The van der Waals surface area contributed by atoms with Crippen LogP contribution in [0.2, 0.25) is 0 Å². The molecule has 6 heteroatoms. The topological polar surface area (TPSA) is 61.1 Å². The van der Waals surface area contributed by atoms with Crippen LogP contribution in [-0.4, -0.2) is 13.0 Å². The summed E-state index contributed by atoms with van der Waals surface area (Å²) in [5.41, 5.74) is 5.64. The standard InChI is InChI=1S/C19H24NS.C7H8O3S/c1-5-20-16-8-6-7-9-17(16)21-18(20)11-15-10-14(2)12-19(3,4)13-15;1-6-2-4-7(5-3-6)11(8,9)10/h6-11H,5,12-13H2,1-4H3;2-5H,1H3,(H,8,9,10)/q+1;/p-1/b15-11+;. The molecule has 1 aliphatic carbocycles. The van der Waals surface area contributed by atoms with Crippen LogP contribution in [0, 0.1) is 12.3 Å². The summed E-state index contributed by atoms with van der Waals surface area (Å²) in [7, 11) is -4.27. The van der Waals surface area contributed by atoms with Crippen LogP contribution in [0.15, 0.2) is 70.6 Å². The van der Waals surface area contributed by atoms with Crippen molar-refractivity contribution in [1.82, 2.24) is 0 Å². The molecule has 0 bridgehead atoms. The first kappa shape index (κ1) is 24.4. The van der Waals surface area contributed by atoms with Gasteiger partial charge in [-0.05, 0) is 62.8 Å². The SMILES string of the molecule is CC[n+]1c(/C=C2\C=C(C)CC(C)(C)C2)sc2ccccc21.Cc1ccc(S(=O)(=O)[O-])cc1. The quantitative estimate of drug-likeness (QED) is 0.336. The van der Waals surface area contributed by atoms with Crippen LogP contribution in [0.5, 0.6) is 0 Å². The lowest BCUT2D eigenvalue weighted by Gasteiger charge is -2.29. The van der Waals surface area contributed by atoms with Crippen LogP contribution in [0.4, 0.5) is 0 Å². The number of para-hydroxylation sites is 1. The Hall–Kier alpha value is -2.28. The maximum Gasteiger partial charge on any atom is 0.263 e. The minimum atomic E-state index is -4.27. The van der Waals surface area contributed by atoms with Gasteiger partial charge in [0.05, 0.1) is 4.90 Å². The molecule has 0 spiro atoms. The summed E-state index contributed by atoms with van der Waals surface area (Å²) in [6.45, 7) is 12.1. The Bertz CT molecular complexity index is 1260. The predicted octanol–water partition coefficient (Wildman–Crippen LogP) is 6.26. The highest BCUT2D eigenvalue weighted by atomic mass is 32.2. The molecule has 3 aromatic rings. The molecule has 1 heterocycles. The van der Waals surface area contributed by atoms with Crippen molar-refractivity contribution in [1.29, 1.82) is 0 Å². The third-order valence-electron chi connectivity index (χ3n) is 5.44. The van der Waals surface area contributed by atoms with Gasteiger partial charge in [0.25, 0.3) is 5.01 Å². The molecule has 32 heavy (non-hydrogen) atoms. The average molecular weight is 470 g/mol. The van der Waals surface area contributed by atoms with E-state index in [2.05, 4.69) is 68.7 Å². The van der Waals surface area contributed by atoms with Crippen molar-refractivity contribution in [2.24, 2.45) is 5.41 Å². The molecule has 1 aliphatic rings. The molecule has 0 saturated heterocycles. The average Bonchev–Trinajstić information content (AvgIpc) is 3.03. The van der Waals surface area contributed by atoms with Crippen LogP contribution in [-0.2, 0) is 16.7 Å². The molecule has 0 aliphatic heterocycles. The molecule has 0 radical (unpaired) electrons. The predicted molar refractivity (Wildman–Crippen MR) is 132 cm³/mol. The van der Waals surface area contributed by atoms with Gasteiger partial charge in [-0.3, -0.25) is 0 Å². The van der Waals surface area contributed by atoms with Crippen LogP contribution < -0.4 is 4.57 Å². The Labute approximate surface area is 195 Å². The van der Waals surface area contributed by atoms with Gasteiger partial charge in [0, 0.05) is 12.1 Å². The number of rotatable bonds is 3. The maximum atomic E-state index is 10.4. The van der Waals surface area contributed by atoms with Crippen molar-refractivity contribution < 1.29 is 17.5 Å². The summed E-state index contributed by atoms with van der Waals surface area (Å²) >= 11 is 1.90. The molecule has 0 unspecified atom stereocenters. The summed E-state index contributed by atoms with van der Waals surface area (Å²) in [5, 5.41) is 1.37. The molecule has 2 aromatic carbocycles. The van der Waals surface area contributed by atoms with E-state index < -0.39 is 10.1 Å². The van der Waals surface area contributed by atoms with Crippen LogP contribution in [0.25, 0.3) is 16.3 Å². The van der Waals surface area contributed by atoms with E-state index in [0.717, 1.165) is 12.1 Å². The first-order chi connectivity index (χ1) is 15.0. The zero-order chi connectivity index (χ0) is 23.5. The fourth-order valence-electron chi connectivity index (χ4n) is 4.23. The second-order valence-corrected chi connectivity index (χ2v) is 11.6. The molecule has 1 aromatic heterocycles. The van der Waals surface area contributed by atoms with Crippen molar-refractivity contribution in [2.45, 2.75) is 58.9 Å². The van der Waals surface area contributed by atoms with E-state index >= 15 is 0 Å². The fraction of sp³-hybridized carbons (Fsp3) is 0.346. The van der Waals surface area contributed by atoms with Gasteiger partial charge in [-0.25, -0.2) is 8.42 Å². The van der Waals surface area contributed by atoms with Crippen molar-refractivity contribution in [3.63, 3.8) is 0 Å². The summed E-state index contributed by atoms with van der Waals surface area (Å²) in [6, 6.07) is 14.5. The minimum absolute atomic E-state index is 0.178. The third kappa shape index (κ3) is 6.15. The Morgan fingerprint density at radius 3 is 2.31 bits per heavy atom. The fourth-order valence-corrected chi connectivity index (χ4v) is 5.90. The van der Waals surface area contributed by atoms with E-state index in [4.69, 9.17) is 0 Å². The monoisotopic (exact) mass is 469 g/mol. The summed E-state index contributed by atoms with van der Waals surface area (Å²) < 4.78 is 35.0. The van der Waals surface area contributed by atoms with Gasteiger partial charge in [0.2, 0.25) is 5.52 Å². The molecular weight excluding hydrogens is 438 g/mol. The second-order valence-electron chi connectivity index (χ2n) is 9.15. The van der Waals surface area contributed by atoms with Gasteiger partial charge in [-0.15, -0.1) is 0 Å². The highest BCUT2D eigenvalue weighted by Crippen LogP contribution is 2.38. The lowest BCUT2D eigenvalue weighted by Crippen LogP contribution is -2.33. The van der Waals surface area contributed by atoms with Crippen molar-refractivity contribution >= 4 is 37.7 Å². The largest absolute Gasteiger partial charge is 0.744 e. The number of benzene rings is 2. The van der Waals surface area contributed by atoms with E-state index in [1.807, 2.05) is 18.3 Å². The van der Waals surface area contributed by atoms with Gasteiger partial charge in [-0.1, -0.05) is 66.7 Å². The first-order valence-electron chi connectivity index (χ1n) is 10.8. The van der Waals surface area contributed by atoms with Gasteiger partial charge < -0.3 is 4.55 Å². The first-order valence-corrected chi connectivity index (χ1v) is 13.0. The molecule has 0 atom stereocenters. The number of fused-ring (bicyclic) bond motifs is 1. The number of aryl methyl sites for hydroxylation is 2. The molecule has 0 N–H and O–H groups in total. The van der Waals surface area contributed by atoms with E-state index in [1.54, 1.807) is 12.1 Å². The Kier molecular flexibility index (Phi) is 7.38. The summed E-state index contributed by atoms with van der Waals surface area (Å²) in [4.78, 5) is -0.178. The summed E-state index contributed by atoms with van der Waals surface area (Å²) in [5.74, 6) is 0. The molecule has 4 nitrogen and oxygen atoms in total. The Balaban J connectivity index is 0.000000222. The Morgan fingerprint density at radius 1 is 1.06 bits per heavy atom. The van der Waals surface area contributed by atoms with Crippen molar-refractivity contribution in [3.05, 3.63) is 76.3 Å². The lowest BCUT2D eigenvalue weighted by atomic mass is 9.75. The minimum Gasteiger partial charge on any atom is -0.744 e. The van der Waals surface area contributed by atoms with Crippen molar-refractivity contribution in [2.75, 3.05) is 0 Å². The molecule has 0 amide bonds. The highest BCUT2D eigenvalue weighted by molar-refractivity contribution is 7.85. The van der Waals surface area contributed by atoms with E-state index in [-0.39, 0.29) is 4.90 Å². The van der Waals surface area contributed by atoms with E-state index in [1.165, 1.54) is 51.3 Å². The maximum absolute atomic E-state index is 10.4. The summed E-state index contributed by atoms with van der Waals surface area (Å²) in [6.07, 6.45) is 7.17. The molecule has 170 valence electrons.